The molecule has 3 N–H and O–H groups in total. The molecule has 0 saturated heterocycles. The van der Waals surface area contributed by atoms with Crippen molar-refractivity contribution in [1.82, 2.24) is 5.32 Å². The van der Waals surface area contributed by atoms with E-state index in [-0.39, 0.29) is 13.2 Å². The van der Waals surface area contributed by atoms with Crippen LogP contribution in [0.2, 0.25) is 0 Å². The van der Waals surface area contributed by atoms with Crippen LogP contribution < -0.4 is 5.32 Å². The van der Waals surface area contributed by atoms with Crippen LogP contribution in [0, 0.1) is 17.8 Å². The Morgan fingerprint density at radius 2 is 2.00 bits per heavy atom. The number of rotatable bonds is 7. The third kappa shape index (κ3) is 5.64. The number of aliphatic hydroxyl groups is 2. The first-order valence-electron chi connectivity index (χ1n) is 4.54. The maximum atomic E-state index is 8.96. The van der Waals surface area contributed by atoms with Gasteiger partial charge in [0.05, 0.1) is 13.2 Å². The molecule has 0 radical (unpaired) electrons. The number of nitrogens with one attached hydrogen (secondary N) is 1. The van der Waals surface area contributed by atoms with Crippen LogP contribution in [0.4, 0.5) is 0 Å². The van der Waals surface area contributed by atoms with Gasteiger partial charge in [-0.1, -0.05) is 6.92 Å². The summed E-state index contributed by atoms with van der Waals surface area (Å²) in [7, 11) is 0. The van der Waals surface area contributed by atoms with Gasteiger partial charge in [-0.15, -0.1) is 12.3 Å². The quantitative estimate of drug-likeness (QED) is 0.386. The Kier molecular flexibility index (Phi) is 6.61. The lowest BCUT2D eigenvalue weighted by molar-refractivity contribution is 0.0699. The van der Waals surface area contributed by atoms with E-state index in [1.807, 2.05) is 6.92 Å². The molecule has 0 spiro atoms. The van der Waals surface area contributed by atoms with Crippen molar-refractivity contribution in [3.05, 3.63) is 0 Å². The molecule has 0 fully saturated rings. The summed E-state index contributed by atoms with van der Waals surface area (Å²) in [6.07, 6.45) is 6.79. The molecule has 0 aliphatic rings. The Balaban J connectivity index is 3.45. The molecular formula is C10H19NO2. The van der Waals surface area contributed by atoms with Crippen LogP contribution in [0.1, 0.15) is 19.8 Å². The van der Waals surface area contributed by atoms with Gasteiger partial charge in [0, 0.05) is 18.4 Å². The molecule has 76 valence electrons. The first-order chi connectivity index (χ1) is 6.18. The Bertz CT molecular complexity index is 159. The van der Waals surface area contributed by atoms with Crippen molar-refractivity contribution in [2.45, 2.75) is 19.8 Å². The smallest absolute Gasteiger partial charge is 0.0518 e. The van der Waals surface area contributed by atoms with Crippen molar-refractivity contribution in [3.8, 4) is 12.3 Å². The van der Waals surface area contributed by atoms with Crippen molar-refractivity contribution < 1.29 is 10.2 Å². The summed E-state index contributed by atoms with van der Waals surface area (Å²) in [6, 6.07) is 0. The van der Waals surface area contributed by atoms with Crippen LogP contribution >= 0.6 is 0 Å². The summed E-state index contributed by atoms with van der Waals surface area (Å²) in [6.45, 7) is 3.27. The zero-order chi connectivity index (χ0) is 10.2. The van der Waals surface area contributed by atoms with E-state index in [0.717, 1.165) is 19.4 Å². The summed E-state index contributed by atoms with van der Waals surface area (Å²) in [5, 5.41) is 21.1. The third-order valence-corrected chi connectivity index (χ3v) is 1.99. The van der Waals surface area contributed by atoms with Crippen LogP contribution in [0.25, 0.3) is 0 Å². The molecule has 0 amide bonds. The maximum absolute atomic E-state index is 8.96. The third-order valence-electron chi connectivity index (χ3n) is 1.99. The second-order valence-electron chi connectivity index (χ2n) is 3.61. The summed E-state index contributed by atoms with van der Waals surface area (Å²) in [4.78, 5) is 0. The average molecular weight is 185 g/mol. The van der Waals surface area contributed by atoms with Crippen LogP contribution in [-0.2, 0) is 0 Å². The number of terminal acetylenes is 1. The Hall–Kier alpha value is -0.560. The molecule has 0 aromatic heterocycles. The molecule has 0 bridgehead atoms. The lowest BCUT2D eigenvalue weighted by Crippen LogP contribution is -2.38. The van der Waals surface area contributed by atoms with E-state index in [0.29, 0.717) is 6.54 Å². The standard InChI is InChI=1S/C10H19NO2/c1-3-4-5-6-11-7-10(2,8-12)9-13/h1,11-13H,4-9H2,2H3. The monoisotopic (exact) mass is 185 g/mol. The highest BCUT2D eigenvalue weighted by molar-refractivity contribution is 4.83. The number of aliphatic hydroxyl groups excluding tert-OH is 2. The van der Waals surface area contributed by atoms with E-state index in [9.17, 15) is 0 Å². The first kappa shape index (κ1) is 12.4. The average Bonchev–Trinajstić information content (AvgIpc) is 2.17. The van der Waals surface area contributed by atoms with Crippen molar-refractivity contribution in [2.75, 3.05) is 26.3 Å². The van der Waals surface area contributed by atoms with E-state index in [1.165, 1.54) is 0 Å². The van der Waals surface area contributed by atoms with Gasteiger partial charge >= 0.3 is 0 Å². The van der Waals surface area contributed by atoms with Gasteiger partial charge in [-0.05, 0) is 13.0 Å². The van der Waals surface area contributed by atoms with Crippen molar-refractivity contribution in [2.24, 2.45) is 5.41 Å². The second kappa shape index (κ2) is 6.90. The Morgan fingerprint density at radius 1 is 1.38 bits per heavy atom. The molecule has 0 unspecified atom stereocenters. The topological polar surface area (TPSA) is 52.5 Å². The first-order valence-corrected chi connectivity index (χ1v) is 4.54. The summed E-state index contributed by atoms with van der Waals surface area (Å²) >= 11 is 0. The van der Waals surface area contributed by atoms with Gasteiger partial charge in [-0.2, -0.15) is 0 Å². The van der Waals surface area contributed by atoms with E-state index >= 15 is 0 Å². The molecule has 0 heterocycles. The second-order valence-corrected chi connectivity index (χ2v) is 3.61. The molecule has 3 heteroatoms. The molecule has 0 aromatic carbocycles. The molecule has 0 aromatic rings. The van der Waals surface area contributed by atoms with E-state index in [1.54, 1.807) is 0 Å². The van der Waals surface area contributed by atoms with Crippen LogP contribution in [0.3, 0.4) is 0 Å². The lowest BCUT2D eigenvalue weighted by atomic mass is 9.93. The van der Waals surface area contributed by atoms with Gasteiger partial charge in [0.1, 0.15) is 0 Å². The maximum Gasteiger partial charge on any atom is 0.0518 e. The normalized spacial score (nSPS) is 11.2. The van der Waals surface area contributed by atoms with Crippen LogP contribution in [-0.4, -0.2) is 36.5 Å². The van der Waals surface area contributed by atoms with E-state index in [2.05, 4.69) is 11.2 Å². The van der Waals surface area contributed by atoms with Gasteiger partial charge in [0.15, 0.2) is 0 Å². The highest BCUT2D eigenvalue weighted by Gasteiger charge is 2.21. The summed E-state index contributed by atoms with van der Waals surface area (Å²) in [5.41, 5.74) is -0.420. The largest absolute Gasteiger partial charge is 0.396 e. The predicted octanol–water partition coefficient (Wildman–Crippen LogP) is -0.0197. The zero-order valence-corrected chi connectivity index (χ0v) is 8.21. The summed E-state index contributed by atoms with van der Waals surface area (Å²) < 4.78 is 0. The number of hydrogen-bond acceptors (Lipinski definition) is 3. The fourth-order valence-corrected chi connectivity index (χ4v) is 0.867. The van der Waals surface area contributed by atoms with E-state index < -0.39 is 5.41 Å². The van der Waals surface area contributed by atoms with Gasteiger partial charge in [-0.25, -0.2) is 0 Å². The van der Waals surface area contributed by atoms with Gasteiger partial charge in [0.2, 0.25) is 0 Å². The Morgan fingerprint density at radius 3 is 2.46 bits per heavy atom. The molecule has 0 atom stereocenters. The number of hydrogen-bond donors (Lipinski definition) is 3. The molecule has 13 heavy (non-hydrogen) atoms. The van der Waals surface area contributed by atoms with Gasteiger partial charge in [0.25, 0.3) is 0 Å². The minimum Gasteiger partial charge on any atom is -0.396 e. The molecule has 3 nitrogen and oxygen atoms in total. The Labute approximate surface area is 80.2 Å². The summed E-state index contributed by atoms with van der Waals surface area (Å²) in [5.74, 6) is 2.55. The molecule has 0 saturated carbocycles. The van der Waals surface area contributed by atoms with Gasteiger partial charge in [-0.3, -0.25) is 0 Å². The van der Waals surface area contributed by atoms with Crippen LogP contribution in [0.15, 0.2) is 0 Å². The number of unbranched alkanes of at least 4 members (excludes halogenated alkanes) is 1. The molecule has 0 aliphatic heterocycles. The lowest BCUT2D eigenvalue weighted by Gasteiger charge is -2.24. The SMILES string of the molecule is C#CCCCNCC(C)(CO)CO. The fourth-order valence-electron chi connectivity index (χ4n) is 0.867. The minimum absolute atomic E-state index is 0.00829. The highest BCUT2D eigenvalue weighted by Crippen LogP contribution is 2.11. The van der Waals surface area contributed by atoms with Gasteiger partial charge < -0.3 is 15.5 Å². The molecule has 0 rings (SSSR count). The molecular weight excluding hydrogens is 166 g/mol. The van der Waals surface area contributed by atoms with Crippen molar-refractivity contribution >= 4 is 0 Å². The fraction of sp³-hybridized carbons (Fsp3) is 0.800. The zero-order valence-electron chi connectivity index (χ0n) is 8.21. The molecule has 0 aliphatic carbocycles. The minimum atomic E-state index is -0.420. The van der Waals surface area contributed by atoms with Crippen LogP contribution in [0.5, 0.6) is 0 Å². The predicted molar refractivity (Wildman–Crippen MR) is 53.2 cm³/mol. The van der Waals surface area contributed by atoms with Crippen molar-refractivity contribution in [1.29, 1.82) is 0 Å². The highest BCUT2D eigenvalue weighted by atomic mass is 16.3. The van der Waals surface area contributed by atoms with E-state index in [4.69, 9.17) is 16.6 Å². The van der Waals surface area contributed by atoms with Crippen molar-refractivity contribution in [3.63, 3.8) is 0 Å².